The number of hydrogen-bond donors (Lipinski definition) is 2. The fraction of sp³-hybridized carbons (Fsp3) is 0.261. The molecule has 2 atom stereocenters. The summed E-state index contributed by atoms with van der Waals surface area (Å²) in [5.41, 5.74) is 3.35. The first-order chi connectivity index (χ1) is 14.9. The molecule has 6 nitrogen and oxygen atoms in total. The number of rotatable bonds is 3. The van der Waals surface area contributed by atoms with Crippen LogP contribution in [0.5, 0.6) is 5.75 Å². The summed E-state index contributed by atoms with van der Waals surface area (Å²) in [7, 11) is 1.65. The average Bonchev–Trinajstić information content (AvgIpc) is 3.42. The minimum Gasteiger partial charge on any atom is -0.493 e. The zero-order valence-corrected chi connectivity index (χ0v) is 19.5. The third-order valence-electron chi connectivity index (χ3n) is 6.06. The lowest BCUT2D eigenvalue weighted by molar-refractivity contribution is -0.131. The molecule has 2 aliphatic heterocycles. The van der Waals surface area contributed by atoms with Crippen LogP contribution in [0.4, 0.5) is 0 Å². The number of carbonyl (C=O) groups excluding carboxylic acids is 1. The number of amides is 1. The zero-order valence-electron chi connectivity index (χ0n) is 17.1. The van der Waals surface area contributed by atoms with Crippen LogP contribution in [-0.4, -0.2) is 35.4 Å². The minimum atomic E-state index is -0.753. The summed E-state index contributed by atoms with van der Waals surface area (Å²) < 4.78 is 6.57. The van der Waals surface area contributed by atoms with Gasteiger partial charge in [-0.3, -0.25) is 20.1 Å². The van der Waals surface area contributed by atoms with Crippen molar-refractivity contribution in [3.8, 4) is 16.9 Å². The molecule has 31 heavy (non-hydrogen) atoms. The van der Waals surface area contributed by atoms with Crippen LogP contribution in [0.1, 0.15) is 28.8 Å². The van der Waals surface area contributed by atoms with E-state index in [-0.39, 0.29) is 11.9 Å². The number of pyridine rings is 1. The first kappa shape index (κ1) is 20.2. The molecule has 158 valence electrons. The number of likely N-dealkylation sites (N-methyl/N-ethyl adjacent to an activating group) is 1. The average molecular weight is 497 g/mol. The van der Waals surface area contributed by atoms with Crippen LogP contribution < -0.4 is 10.1 Å². The van der Waals surface area contributed by atoms with Crippen LogP contribution in [0, 0.1) is 5.41 Å². The van der Waals surface area contributed by atoms with Gasteiger partial charge in [-0.15, -0.1) is 11.3 Å². The molecule has 0 aliphatic carbocycles. The van der Waals surface area contributed by atoms with Crippen molar-refractivity contribution in [1.29, 1.82) is 5.41 Å². The van der Waals surface area contributed by atoms with Gasteiger partial charge in [-0.1, -0.05) is 12.1 Å². The van der Waals surface area contributed by atoms with Gasteiger partial charge in [0, 0.05) is 40.8 Å². The fourth-order valence-corrected chi connectivity index (χ4v) is 5.78. The van der Waals surface area contributed by atoms with Crippen molar-refractivity contribution < 1.29 is 9.53 Å². The van der Waals surface area contributed by atoms with Gasteiger partial charge in [0.1, 0.15) is 5.75 Å². The summed E-state index contributed by atoms with van der Waals surface area (Å²) in [6.45, 7) is 2.68. The third kappa shape index (κ3) is 3.34. The van der Waals surface area contributed by atoms with Crippen molar-refractivity contribution in [2.24, 2.45) is 0 Å². The van der Waals surface area contributed by atoms with Crippen LogP contribution in [0.2, 0.25) is 0 Å². The van der Waals surface area contributed by atoms with Gasteiger partial charge in [-0.25, -0.2) is 0 Å². The molecule has 0 bridgehead atoms. The first-order valence-electron chi connectivity index (χ1n) is 9.96. The van der Waals surface area contributed by atoms with Gasteiger partial charge in [-0.2, -0.15) is 0 Å². The number of nitrogens with zero attached hydrogens (tertiary/aromatic N) is 2. The Kier molecular flexibility index (Phi) is 4.86. The summed E-state index contributed by atoms with van der Waals surface area (Å²) in [5.74, 6) is 0.435. The molecule has 0 saturated carbocycles. The number of benzene rings is 1. The second-order valence-corrected chi connectivity index (χ2v) is 9.89. The largest absolute Gasteiger partial charge is 0.493 e. The molecule has 2 aliphatic rings. The van der Waals surface area contributed by atoms with E-state index in [1.54, 1.807) is 24.6 Å². The number of halogens is 1. The van der Waals surface area contributed by atoms with Crippen molar-refractivity contribution in [3.05, 3.63) is 68.6 Å². The smallest absolute Gasteiger partial charge is 0.239 e. The summed E-state index contributed by atoms with van der Waals surface area (Å²) in [4.78, 5) is 20.1. The molecule has 0 spiro atoms. The molecule has 3 aromatic rings. The topological polar surface area (TPSA) is 78.3 Å². The molecule has 1 saturated heterocycles. The van der Waals surface area contributed by atoms with Gasteiger partial charge in [0.2, 0.25) is 5.91 Å². The number of aromatic nitrogens is 1. The Balaban J connectivity index is 1.60. The highest BCUT2D eigenvalue weighted by molar-refractivity contribution is 9.10. The van der Waals surface area contributed by atoms with E-state index in [0.29, 0.717) is 6.61 Å². The standard InChI is InChI=1S/C23H21BrN4O2S/c1-23(19-9-16(12-31-19)15-8-17(24)11-26-10-15)20(21(29)28(2)22(25)27-23)14-3-4-18-13(7-14)5-6-30-18/h3-4,7-12,20H,5-6H2,1-2H3,(H2,25,27)/t20-,23-/m1/s1. The van der Waals surface area contributed by atoms with Crippen molar-refractivity contribution in [2.45, 2.75) is 24.8 Å². The van der Waals surface area contributed by atoms with Crippen LogP contribution in [0.15, 0.2) is 52.6 Å². The molecule has 2 N–H and O–H groups in total. The van der Waals surface area contributed by atoms with Gasteiger partial charge in [0.05, 0.1) is 18.1 Å². The first-order valence-corrected chi connectivity index (χ1v) is 11.6. The lowest BCUT2D eigenvalue weighted by atomic mass is 9.76. The zero-order chi connectivity index (χ0) is 21.8. The van der Waals surface area contributed by atoms with E-state index in [1.165, 1.54) is 4.90 Å². The highest BCUT2D eigenvalue weighted by Gasteiger charge is 2.49. The van der Waals surface area contributed by atoms with E-state index in [4.69, 9.17) is 10.1 Å². The number of guanidine groups is 1. The van der Waals surface area contributed by atoms with Crippen LogP contribution in [0.25, 0.3) is 11.1 Å². The highest BCUT2D eigenvalue weighted by Crippen LogP contribution is 2.45. The minimum absolute atomic E-state index is 0.0933. The maximum absolute atomic E-state index is 13.4. The predicted octanol–water partition coefficient (Wildman–Crippen LogP) is 4.50. The molecule has 1 fully saturated rings. The second kappa shape index (κ2) is 7.46. The van der Waals surface area contributed by atoms with Crippen LogP contribution >= 0.6 is 27.3 Å². The molecule has 1 amide bonds. The number of hydrogen-bond acceptors (Lipinski definition) is 5. The maximum Gasteiger partial charge on any atom is 0.239 e. The number of thiophene rings is 1. The molecule has 0 radical (unpaired) electrons. The third-order valence-corrected chi connectivity index (χ3v) is 7.67. The van der Waals surface area contributed by atoms with E-state index >= 15 is 0 Å². The molecule has 2 aromatic heterocycles. The van der Waals surface area contributed by atoms with E-state index < -0.39 is 11.5 Å². The Hall–Kier alpha value is -2.71. The van der Waals surface area contributed by atoms with E-state index in [1.807, 2.05) is 31.3 Å². The number of fused-ring (bicyclic) bond motifs is 1. The van der Waals surface area contributed by atoms with Crippen molar-refractivity contribution in [2.75, 3.05) is 13.7 Å². The SMILES string of the molecule is CN1C(=N)N[C@](C)(c2cc(-c3cncc(Br)c3)cs2)[C@H](c2ccc3c(c2)CCO3)C1=O. The summed E-state index contributed by atoms with van der Waals surface area (Å²) in [6, 6.07) is 10.1. The molecule has 8 heteroatoms. The lowest BCUT2D eigenvalue weighted by Crippen LogP contribution is -2.62. The Bertz CT molecular complexity index is 1210. The molecular formula is C23H21BrN4O2S. The van der Waals surface area contributed by atoms with Gasteiger partial charge in [0.15, 0.2) is 5.96 Å². The quantitative estimate of drug-likeness (QED) is 0.559. The van der Waals surface area contributed by atoms with Gasteiger partial charge < -0.3 is 10.1 Å². The predicted molar refractivity (Wildman–Crippen MR) is 125 cm³/mol. The van der Waals surface area contributed by atoms with Crippen LogP contribution in [-0.2, 0) is 16.8 Å². The van der Waals surface area contributed by atoms with Gasteiger partial charge >= 0.3 is 0 Å². The molecular weight excluding hydrogens is 476 g/mol. The fourth-order valence-electron chi connectivity index (χ4n) is 4.35. The van der Waals surface area contributed by atoms with E-state index in [0.717, 1.165) is 43.8 Å². The van der Waals surface area contributed by atoms with Crippen molar-refractivity contribution in [3.63, 3.8) is 0 Å². The Morgan fingerprint density at radius 3 is 2.94 bits per heavy atom. The molecule has 1 aromatic carbocycles. The normalized spacial score (nSPS) is 22.8. The Labute approximate surface area is 192 Å². The second-order valence-electron chi connectivity index (χ2n) is 8.06. The van der Waals surface area contributed by atoms with E-state index in [9.17, 15) is 4.79 Å². The van der Waals surface area contributed by atoms with Gasteiger partial charge in [-0.05, 0) is 63.1 Å². The van der Waals surface area contributed by atoms with Gasteiger partial charge in [0.25, 0.3) is 0 Å². The summed E-state index contributed by atoms with van der Waals surface area (Å²) in [5, 5.41) is 13.8. The number of carbonyl (C=O) groups is 1. The molecule has 4 heterocycles. The Morgan fingerprint density at radius 1 is 1.29 bits per heavy atom. The molecule has 5 rings (SSSR count). The summed E-state index contributed by atoms with van der Waals surface area (Å²) in [6.07, 6.45) is 4.43. The lowest BCUT2D eigenvalue weighted by Gasteiger charge is -2.45. The molecule has 0 unspecified atom stereocenters. The van der Waals surface area contributed by atoms with E-state index in [2.05, 4.69) is 43.7 Å². The summed E-state index contributed by atoms with van der Waals surface area (Å²) >= 11 is 5.07. The maximum atomic E-state index is 13.4. The number of ether oxygens (including phenoxy) is 1. The van der Waals surface area contributed by atoms with Crippen molar-refractivity contribution in [1.82, 2.24) is 15.2 Å². The van der Waals surface area contributed by atoms with Crippen molar-refractivity contribution >= 4 is 39.1 Å². The monoisotopic (exact) mass is 496 g/mol. The Morgan fingerprint density at radius 2 is 2.13 bits per heavy atom. The number of nitrogens with one attached hydrogen (secondary N) is 2. The highest BCUT2D eigenvalue weighted by atomic mass is 79.9. The van der Waals surface area contributed by atoms with Crippen LogP contribution in [0.3, 0.4) is 0 Å².